The van der Waals surface area contributed by atoms with Crippen LogP contribution in [0.2, 0.25) is 0 Å². The number of aliphatic hydroxyl groups excluding tert-OH is 1. The highest BCUT2D eigenvalue weighted by Gasteiger charge is 2.02. The fourth-order valence-electron chi connectivity index (χ4n) is 2.04. The van der Waals surface area contributed by atoms with Crippen molar-refractivity contribution in [2.75, 3.05) is 0 Å². The second kappa shape index (κ2) is 7.40. The Bertz CT molecular complexity index is 632. The summed E-state index contributed by atoms with van der Waals surface area (Å²) in [6.07, 6.45) is 4.94. The molecule has 0 aliphatic rings. The van der Waals surface area contributed by atoms with Crippen molar-refractivity contribution < 1.29 is 9.90 Å². The molecule has 0 saturated heterocycles. The van der Waals surface area contributed by atoms with E-state index in [2.05, 4.69) is 10.4 Å². The quantitative estimate of drug-likeness (QED) is 0.794. The minimum absolute atomic E-state index is 0.0302. The molecule has 0 radical (unpaired) electrons. The Kier molecular flexibility index (Phi) is 5.29. The molecule has 0 bridgehead atoms. The van der Waals surface area contributed by atoms with Gasteiger partial charge in [0.15, 0.2) is 0 Å². The lowest BCUT2D eigenvalue weighted by Crippen LogP contribution is -2.21. The lowest BCUT2D eigenvalue weighted by Gasteiger charge is -2.07. The third kappa shape index (κ3) is 4.03. The maximum atomic E-state index is 11.8. The van der Waals surface area contributed by atoms with Gasteiger partial charge in [0.2, 0.25) is 5.91 Å². The first-order valence-electron chi connectivity index (χ1n) is 6.90. The number of hydrogen-bond acceptors (Lipinski definition) is 3. The predicted octanol–water partition coefficient (Wildman–Crippen LogP) is 1.72. The van der Waals surface area contributed by atoms with Crippen LogP contribution in [0.15, 0.2) is 42.6 Å². The van der Waals surface area contributed by atoms with Crippen LogP contribution in [0.4, 0.5) is 0 Å². The summed E-state index contributed by atoms with van der Waals surface area (Å²) in [5.41, 5.74) is 2.63. The van der Waals surface area contributed by atoms with Crippen LogP contribution >= 0.6 is 0 Å². The molecule has 0 fully saturated rings. The summed E-state index contributed by atoms with van der Waals surface area (Å²) in [5, 5.41) is 16.2. The summed E-state index contributed by atoms with van der Waals surface area (Å²) in [6, 6.07) is 9.34. The Morgan fingerprint density at radius 2 is 2.10 bits per heavy atom. The number of aromatic nitrogens is 2. The van der Waals surface area contributed by atoms with Crippen LogP contribution in [0.5, 0.6) is 0 Å². The molecule has 0 unspecified atom stereocenters. The number of nitrogens with zero attached hydrogens (tertiary/aromatic N) is 2. The number of rotatable bonds is 6. The fraction of sp³-hybridized carbons (Fsp3) is 0.250. The van der Waals surface area contributed by atoms with Gasteiger partial charge >= 0.3 is 0 Å². The molecule has 2 rings (SSSR count). The van der Waals surface area contributed by atoms with Gasteiger partial charge in [-0.3, -0.25) is 9.48 Å². The maximum Gasteiger partial charge on any atom is 0.244 e. The van der Waals surface area contributed by atoms with Crippen molar-refractivity contribution in [2.24, 2.45) is 0 Å². The normalized spacial score (nSPS) is 11.0. The second-order valence-corrected chi connectivity index (χ2v) is 4.55. The Morgan fingerprint density at radius 1 is 1.33 bits per heavy atom. The smallest absolute Gasteiger partial charge is 0.244 e. The summed E-state index contributed by atoms with van der Waals surface area (Å²) in [5.74, 6) is -0.174. The Labute approximate surface area is 123 Å². The van der Waals surface area contributed by atoms with Crippen LogP contribution in [0.1, 0.15) is 23.7 Å². The van der Waals surface area contributed by atoms with Crippen LogP contribution in [0.25, 0.3) is 6.08 Å². The molecule has 1 aromatic carbocycles. The maximum absolute atomic E-state index is 11.8. The van der Waals surface area contributed by atoms with Crippen molar-refractivity contribution in [3.63, 3.8) is 0 Å². The van der Waals surface area contributed by atoms with Crippen molar-refractivity contribution in [1.29, 1.82) is 0 Å². The van der Waals surface area contributed by atoms with E-state index in [1.807, 2.05) is 41.9 Å². The van der Waals surface area contributed by atoms with Gasteiger partial charge in [-0.05, 0) is 30.2 Å². The highest BCUT2D eigenvalue weighted by Crippen LogP contribution is 2.08. The SMILES string of the molecule is CCn1nccc1/C=C/C(=O)NCc1ccccc1CO. The first-order valence-corrected chi connectivity index (χ1v) is 6.90. The molecule has 1 heterocycles. The Morgan fingerprint density at radius 3 is 2.81 bits per heavy atom. The summed E-state index contributed by atoms with van der Waals surface area (Å²) < 4.78 is 1.81. The minimum atomic E-state index is -0.174. The van der Waals surface area contributed by atoms with Gasteiger partial charge in [0.1, 0.15) is 0 Å². The number of aliphatic hydroxyl groups is 1. The molecular formula is C16H19N3O2. The number of benzene rings is 1. The molecule has 0 spiro atoms. The molecule has 2 aromatic rings. The minimum Gasteiger partial charge on any atom is -0.392 e. The van der Waals surface area contributed by atoms with E-state index >= 15 is 0 Å². The van der Waals surface area contributed by atoms with E-state index in [9.17, 15) is 9.90 Å². The van der Waals surface area contributed by atoms with Crippen LogP contribution < -0.4 is 5.32 Å². The van der Waals surface area contributed by atoms with Gasteiger partial charge in [-0.2, -0.15) is 5.10 Å². The van der Waals surface area contributed by atoms with E-state index in [0.29, 0.717) is 6.54 Å². The summed E-state index contributed by atoms with van der Waals surface area (Å²) in [4.78, 5) is 11.8. The summed E-state index contributed by atoms with van der Waals surface area (Å²) >= 11 is 0. The molecule has 2 N–H and O–H groups in total. The monoisotopic (exact) mass is 285 g/mol. The third-order valence-corrected chi connectivity index (χ3v) is 3.20. The molecule has 0 aliphatic heterocycles. The lowest BCUT2D eigenvalue weighted by molar-refractivity contribution is -0.116. The molecule has 1 amide bonds. The van der Waals surface area contributed by atoms with Gasteiger partial charge in [-0.25, -0.2) is 0 Å². The van der Waals surface area contributed by atoms with Gasteiger partial charge in [0.25, 0.3) is 0 Å². The average molecular weight is 285 g/mol. The molecule has 21 heavy (non-hydrogen) atoms. The zero-order chi connectivity index (χ0) is 15.1. The number of aryl methyl sites for hydroxylation is 1. The van der Waals surface area contributed by atoms with Crippen LogP contribution in [-0.4, -0.2) is 20.8 Å². The average Bonchev–Trinajstić information content (AvgIpc) is 2.98. The largest absolute Gasteiger partial charge is 0.392 e. The number of hydrogen-bond donors (Lipinski definition) is 2. The number of carbonyl (C=O) groups excluding carboxylic acids is 1. The highest BCUT2D eigenvalue weighted by molar-refractivity contribution is 5.91. The van der Waals surface area contributed by atoms with E-state index in [-0.39, 0.29) is 12.5 Å². The molecule has 110 valence electrons. The number of nitrogens with one attached hydrogen (secondary N) is 1. The van der Waals surface area contributed by atoms with E-state index in [4.69, 9.17) is 0 Å². The van der Waals surface area contributed by atoms with E-state index in [0.717, 1.165) is 23.4 Å². The molecule has 5 heteroatoms. The Balaban J connectivity index is 1.93. The van der Waals surface area contributed by atoms with Gasteiger partial charge in [-0.1, -0.05) is 24.3 Å². The molecule has 0 aliphatic carbocycles. The Hall–Kier alpha value is -2.40. The van der Waals surface area contributed by atoms with E-state index in [1.54, 1.807) is 12.3 Å². The van der Waals surface area contributed by atoms with Gasteiger partial charge in [0, 0.05) is 25.4 Å². The number of amides is 1. The van der Waals surface area contributed by atoms with Crippen molar-refractivity contribution in [3.8, 4) is 0 Å². The second-order valence-electron chi connectivity index (χ2n) is 4.55. The van der Waals surface area contributed by atoms with E-state index < -0.39 is 0 Å². The topological polar surface area (TPSA) is 67.2 Å². The lowest BCUT2D eigenvalue weighted by atomic mass is 10.1. The standard InChI is InChI=1S/C16H19N3O2/c1-2-19-15(9-10-18-19)7-8-16(21)17-11-13-5-3-4-6-14(13)12-20/h3-10,20H,2,11-12H2,1H3,(H,17,21)/b8-7+. The van der Waals surface area contributed by atoms with Crippen molar-refractivity contribution in [3.05, 3.63) is 59.4 Å². The molecular weight excluding hydrogens is 266 g/mol. The molecule has 5 nitrogen and oxygen atoms in total. The van der Waals surface area contributed by atoms with Crippen LogP contribution in [0, 0.1) is 0 Å². The zero-order valence-corrected chi connectivity index (χ0v) is 12.0. The van der Waals surface area contributed by atoms with Crippen LogP contribution in [0.3, 0.4) is 0 Å². The predicted molar refractivity (Wildman–Crippen MR) is 81.1 cm³/mol. The van der Waals surface area contributed by atoms with Gasteiger partial charge in [0.05, 0.1) is 12.3 Å². The first kappa shape index (κ1) is 15.0. The van der Waals surface area contributed by atoms with E-state index in [1.165, 1.54) is 6.08 Å². The van der Waals surface area contributed by atoms with Gasteiger partial charge < -0.3 is 10.4 Å². The fourth-order valence-corrected chi connectivity index (χ4v) is 2.04. The highest BCUT2D eigenvalue weighted by atomic mass is 16.3. The van der Waals surface area contributed by atoms with Gasteiger partial charge in [-0.15, -0.1) is 0 Å². The molecule has 0 atom stereocenters. The third-order valence-electron chi connectivity index (χ3n) is 3.20. The van der Waals surface area contributed by atoms with Crippen molar-refractivity contribution >= 4 is 12.0 Å². The summed E-state index contributed by atoms with van der Waals surface area (Å²) in [7, 11) is 0. The number of carbonyl (C=O) groups is 1. The van der Waals surface area contributed by atoms with Crippen molar-refractivity contribution in [1.82, 2.24) is 15.1 Å². The summed E-state index contributed by atoms with van der Waals surface area (Å²) in [6.45, 7) is 3.12. The zero-order valence-electron chi connectivity index (χ0n) is 12.0. The molecule has 1 aromatic heterocycles. The first-order chi connectivity index (χ1) is 10.2. The van der Waals surface area contributed by atoms with Crippen LogP contribution in [-0.2, 0) is 24.5 Å². The van der Waals surface area contributed by atoms with Crippen molar-refractivity contribution in [2.45, 2.75) is 26.6 Å². The molecule has 0 saturated carbocycles.